The summed E-state index contributed by atoms with van der Waals surface area (Å²) in [6, 6.07) is 5.78. The number of halogens is 2. The molecule has 1 atom stereocenters. The topological polar surface area (TPSA) is 24.5 Å². The molecule has 0 amide bonds. The van der Waals surface area contributed by atoms with Crippen molar-refractivity contribution in [1.82, 2.24) is 10.2 Å². The van der Waals surface area contributed by atoms with Gasteiger partial charge in [0.1, 0.15) is 6.23 Å². The lowest BCUT2D eigenvalue weighted by molar-refractivity contribution is -0.0442. The molecule has 1 aromatic rings. The lowest BCUT2D eigenvalue weighted by atomic mass is 10.2. The molecule has 94 valence electrons. The monoisotopic (exact) mass is 274 g/mol. The molecule has 17 heavy (non-hydrogen) atoms. The fourth-order valence-corrected chi connectivity index (χ4v) is 2.24. The second-order valence-electron chi connectivity index (χ2n) is 4.13. The van der Waals surface area contributed by atoms with Crippen LogP contribution in [0.15, 0.2) is 18.2 Å². The Kier molecular flexibility index (Phi) is 4.65. The van der Waals surface area contributed by atoms with Gasteiger partial charge in [0.2, 0.25) is 0 Å². The summed E-state index contributed by atoms with van der Waals surface area (Å²) in [5.41, 5.74) is 1.18. The lowest BCUT2D eigenvalue weighted by Gasteiger charge is -2.32. The molecule has 1 heterocycles. The van der Waals surface area contributed by atoms with Crippen LogP contribution in [0.4, 0.5) is 0 Å². The highest BCUT2D eigenvalue weighted by Crippen LogP contribution is 2.23. The summed E-state index contributed by atoms with van der Waals surface area (Å²) in [6.45, 7) is 3.46. The molecule has 0 saturated carbocycles. The van der Waals surface area contributed by atoms with E-state index in [1.807, 2.05) is 25.2 Å². The Balaban J connectivity index is 1.97. The second-order valence-corrected chi connectivity index (χ2v) is 4.95. The summed E-state index contributed by atoms with van der Waals surface area (Å²) in [7, 11) is 1.91. The van der Waals surface area contributed by atoms with Gasteiger partial charge in [0.15, 0.2) is 0 Å². The Hall–Kier alpha value is -0.320. The molecule has 1 aliphatic heterocycles. The number of hydrogen-bond acceptors (Lipinski definition) is 3. The Morgan fingerprint density at radius 2 is 2.24 bits per heavy atom. The Morgan fingerprint density at radius 1 is 1.41 bits per heavy atom. The van der Waals surface area contributed by atoms with Gasteiger partial charge in [-0.2, -0.15) is 0 Å². The molecule has 0 unspecified atom stereocenters. The molecule has 3 nitrogen and oxygen atoms in total. The van der Waals surface area contributed by atoms with Gasteiger partial charge >= 0.3 is 0 Å². The first-order chi connectivity index (χ1) is 8.19. The van der Waals surface area contributed by atoms with Crippen LogP contribution in [0.5, 0.6) is 0 Å². The standard InChI is InChI=1S/C12H16Cl2N2O/c1-15-12-8-16(4-5-17-12)7-9-2-3-10(13)11(14)6-9/h2-3,6,12,15H,4-5,7-8H2,1H3/t12-/m0/s1. The van der Waals surface area contributed by atoms with E-state index in [0.717, 1.165) is 26.2 Å². The van der Waals surface area contributed by atoms with Crippen LogP contribution in [0.2, 0.25) is 10.0 Å². The van der Waals surface area contributed by atoms with Gasteiger partial charge in [0, 0.05) is 19.6 Å². The highest BCUT2D eigenvalue weighted by molar-refractivity contribution is 6.42. The van der Waals surface area contributed by atoms with Gasteiger partial charge in [-0.25, -0.2) is 0 Å². The second kappa shape index (κ2) is 6.03. The number of hydrogen-bond donors (Lipinski definition) is 1. The van der Waals surface area contributed by atoms with Crippen molar-refractivity contribution in [3.05, 3.63) is 33.8 Å². The zero-order valence-corrected chi connectivity index (χ0v) is 11.3. The molecule has 0 aliphatic carbocycles. The fourth-order valence-electron chi connectivity index (χ4n) is 1.92. The molecule has 1 saturated heterocycles. The predicted molar refractivity (Wildman–Crippen MR) is 70.5 cm³/mol. The van der Waals surface area contributed by atoms with Crippen molar-refractivity contribution in [3.8, 4) is 0 Å². The molecule has 1 fully saturated rings. The van der Waals surface area contributed by atoms with Gasteiger partial charge in [-0.15, -0.1) is 0 Å². The van der Waals surface area contributed by atoms with Gasteiger partial charge in [0.25, 0.3) is 0 Å². The van der Waals surface area contributed by atoms with Gasteiger partial charge in [-0.3, -0.25) is 10.2 Å². The van der Waals surface area contributed by atoms with Crippen LogP contribution in [0.3, 0.4) is 0 Å². The van der Waals surface area contributed by atoms with Gasteiger partial charge in [-0.05, 0) is 24.7 Å². The molecule has 0 spiro atoms. The smallest absolute Gasteiger partial charge is 0.120 e. The maximum atomic E-state index is 6.00. The zero-order valence-electron chi connectivity index (χ0n) is 9.75. The Bertz CT molecular complexity index is 387. The minimum Gasteiger partial charge on any atom is -0.361 e. The van der Waals surface area contributed by atoms with Crippen molar-refractivity contribution >= 4 is 23.2 Å². The van der Waals surface area contributed by atoms with Crippen molar-refractivity contribution in [2.75, 3.05) is 26.7 Å². The van der Waals surface area contributed by atoms with Crippen LogP contribution >= 0.6 is 23.2 Å². The fraction of sp³-hybridized carbons (Fsp3) is 0.500. The number of morpholine rings is 1. The van der Waals surface area contributed by atoms with E-state index in [4.69, 9.17) is 27.9 Å². The van der Waals surface area contributed by atoms with Crippen molar-refractivity contribution in [3.63, 3.8) is 0 Å². The first kappa shape index (κ1) is 13.1. The maximum Gasteiger partial charge on any atom is 0.120 e. The number of rotatable bonds is 3. The molecular formula is C12H16Cl2N2O. The first-order valence-electron chi connectivity index (χ1n) is 5.64. The molecule has 0 aromatic heterocycles. The van der Waals surface area contributed by atoms with E-state index in [-0.39, 0.29) is 6.23 Å². The summed E-state index contributed by atoms with van der Waals surface area (Å²) in [5, 5.41) is 4.34. The van der Waals surface area contributed by atoms with Crippen LogP contribution in [0.1, 0.15) is 5.56 Å². The first-order valence-corrected chi connectivity index (χ1v) is 6.40. The minimum atomic E-state index is 0.117. The third-order valence-corrected chi connectivity index (χ3v) is 3.60. The normalized spacial score (nSPS) is 21.7. The van der Waals surface area contributed by atoms with E-state index < -0.39 is 0 Å². The number of nitrogens with one attached hydrogen (secondary N) is 1. The summed E-state index contributed by atoms with van der Waals surface area (Å²) >= 11 is 11.9. The molecule has 0 radical (unpaired) electrons. The van der Waals surface area contributed by atoms with E-state index in [1.165, 1.54) is 5.56 Å². The van der Waals surface area contributed by atoms with Crippen LogP contribution in [0, 0.1) is 0 Å². The van der Waals surface area contributed by atoms with Crippen LogP contribution in [0.25, 0.3) is 0 Å². The van der Waals surface area contributed by atoms with Crippen molar-refractivity contribution in [1.29, 1.82) is 0 Å². The highest BCUT2D eigenvalue weighted by Gasteiger charge is 2.18. The number of benzene rings is 1. The zero-order chi connectivity index (χ0) is 12.3. The van der Waals surface area contributed by atoms with Crippen LogP contribution in [-0.2, 0) is 11.3 Å². The third-order valence-electron chi connectivity index (χ3n) is 2.86. The maximum absolute atomic E-state index is 6.00. The predicted octanol–water partition coefficient (Wildman–Crippen LogP) is 2.37. The van der Waals surface area contributed by atoms with Gasteiger partial charge in [-0.1, -0.05) is 29.3 Å². The Labute approximate surface area is 112 Å². The van der Waals surface area contributed by atoms with E-state index in [0.29, 0.717) is 10.0 Å². The SMILES string of the molecule is CN[C@@H]1CN(Cc2ccc(Cl)c(Cl)c2)CCO1. The highest BCUT2D eigenvalue weighted by atomic mass is 35.5. The van der Waals surface area contributed by atoms with Gasteiger partial charge < -0.3 is 4.74 Å². The molecule has 0 bridgehead atoms. The summed E-state index contributed by atoms with van der Waals surface area (Å²) in [6.07, 6.45) is 0.117. The number of likely N-dealkylation sites (N-methyl/N-ethyl adjacent to an activating group) is 1. The Morgan fingerprint density at radius 3 is 2.94 bits per heavy atom. The van der Waals surface area contributed by atoms with Crippen LogP contribution < -0.4 is 5.32 Å². The number of ether oxygens (including phenoxy) is 1. The molecule has 1 aromatic carbocycles. The summed E-state index contributed by atoms with van der Waals surface area (Å²) < 4.78 is 5.54. The van der Waals surface area contributed by atoms with Crippen LogP contribution in [-0.4, -0.2) is 37.9 Å². The molecule has 1 N–H and O–H groups in total. The molecule has 1 aliphatic rings. The van der Waals surface area contributed by atoms with Gasteiger partial charge in [0.05, 0.1) is 16.7 Å². The summed E-state index contributed by atoms with van der Waals surface area (Å²) in [4.78, 5) is 2.34. The van der Waals surface area contributed by atoms with Crippen molar-refractivity contribution in [2.45, 2.75) is 12.8 Å². The van der Waals surface area contributed by atoms with E-state index in [9.17, 15) is 0 Å². The largest absolute Gasteiger partial charge is 0.361 e. The van der Waals surface area contributed by atoms with E-state index in [2.05, 4.69) is 10.2 Å². The summed E-state index contributed by atoms with van der Waals surface area (Å²) in [5.74, 6) is 0. The van der Waals surface area contributed by atoms with E-state index in [1.54, 1.807) is 0 Å². The quantitative estimate of drug-likeness (QED) is 0.916. The third kappa shape index (κ3) is 3.57. The van der Waals surface area contributed by atoms with Crippen molar-refractivity contribution < 1.29 is 4.74 Å². The minimum absolute atomic E-state index is 0.117. The average molecular weight is 275 g/mol. The molecule has 5 heteroatoms. The van der Waals surface area contributed by atoms with E-state index >= 15 is 0 Å². The lowest BCUT2D eigenvalue weighted by Crippen LogP contribution is -2.47. The average Bonchev–Trinajstić information content (AvgIpc) is 2.34. The molecular weight excluding hydrogens is 259 g/mol. The molecule has 2 rings (SSSR count). The van der Waals surface area contributed by atoms with Crippen molar-refractivity contribution in [2.24, 2.45) is 0 Å². The number of nitrogens with zero attached hydrogens (tertiary/aromatic N) is 1.